The van der Waals surface area contributed by atoms with E-state index in [1.54, 1.807) is 57.9 Å². The Kier molecular flexibility index (Phi) is 15.2. The van der Waals surface area contributed by atoms with Crippen LogP contribution in [0.4, 0.5) is 46.5 Å². The number of alkyl halides is 6. The molecule has 4 aromatic heterocycles. The Labute approximate surface area is 435 Å². The second-order valence-corrected chi connectivity index (χ2v) is 18.6. The van der Waals surface area contributed by atoms with E-state index in [0.717, 1.165) is 66.1 Å². The minimum Gasteiger partial charge on any atom is -0.505 e. The number of nitrogens with zero attached hydrogens (tertiary/aromatic N) is 4. The molecule has 2 amide bonds. The average molecular weight is 1070 g/mol. The molecule has 0 atom stereocenters. The zero-order valence-electron chi connectivity index (χ0n) is 41.5. The van der Waals surface area contributed by atoms with Gasteiger partial charge >= 0.3 is 12.4 Å². The van der Waals surface area contributed by atoms with Gasteiger partial charge in [-0.25, -0.2) is 18.7 Å². The van der Waals surface area contributed by atoms with Crippen LogP contribution in [0.1, 0.15) is 70.4 Å². The van der Waals surface area contributed by atoms with Crippen LogP contribution in [0.25, 0.3) is 33.8 Å². The Bertz CT molecular complexity index is 3500. The van der Waals surface area contributed by atoms with Crippen molar-refractivity contribution in [2.45, 2.75) is 76.8 Å². The summed E-state index contributed by atoms with van der Waals surface area (Å²) < 4.78 is 125. The highest BCUT2D eigenvalue weighted by Gasteiger charge is 2.29. The molecule has 4 heterocycles. The molecular weight excluding hydrogens is 1020 g/mol. The maximum absolute atomic E-state index is 14.2. The smallest absolute Gasteiger partial charge is 0.390 e. The molecule has 2 aliphatic rings. The number of phenolic OH excluding ortho intramolecular Hbond substituents is 1. The number of imidazole rings is 2. The number of aryl methyl sites for hydroxylation is 2. The van der Waals surface area contributed by atoms with Gasteiger partial charge < -0.3 is 40.6 Å². The van der Waals surface area contributed by atoms with Crippen LogP contribution < -0.4 is 35.5 Å². The number of halogens is 8. The lowest BCUT2D eigenvalue weighted by molar-refractivity contribution is -0.132. The van der Waals surface area contributed by atoms with Gasteiger partial charge in [0.1, 0.15) is 23.0 Å². The van der Waals surface area contributed by atoms with Crippen molar-refractivity contribution in [3.05, 3.63) is 144 Å². The topological polar surface area (TPSA) is 165 Å². The van der Waals surface area contributed by atoms with Gasteiger partial charge in [-0.05, 0) is 99.2 Å². The van der Waals surface area contributed by atoms with E-state index in [1.165, 1.54) is 37.4 Å². The van der Waals surface area contributed by atoms with Gasteiger partial charge in [-0.2, -0.15) is 26.3 Å². The van der Waals surface area contributed by atoms with E-state index >= 15 is 0 Å². The fourth-order valence-corrected chi connectivity index (χ4v) is 8.27. The lowest BCUT2D eigenvalue weighted by Crippen LogP contribution is -2.26. The van der Waals surface area contributed by atoms with Gasteiger partial charge in [-0.15, -0.1) is 0 Å². The van der Waals surface area contributed by atoms with Crippen LogP contribution in [0.2, 0.25) is 0 Å². The number of amides is 2. The summed E-state index contributed by atoms with van der Waals surface area (Å²) in [7, 11) is 1.35. The highest BCUT2D eigenvalue weighted by atomic mass is 19.4. The summed E-state index contributed by atoms with van der Waals surface area (Å²) in [5.74, 6) is -1.53. The zero-order chi connectivity index (χ0) is 54.8. The molecule has 4 aromatic carbocycles. The van der Waals surface area contributed by atoms with E-state index in [2.05, 4.69) is 31.2 Å². The molecule has 0 spiro atoms. The number of phenols is 1. The number of carbonyl (C=O) groups excluding carboxylic acids is 2. The second kappa shape index (κ2) is 22.0. The van der Waals surface area contributed by atoms with Crippen LogP contribution in [0.15, 0.2) is 110 Å². The number of ether oxygens (including phenoxy) is 3. The summed E-state index contributed by atoms with van der Waals surface area (Å²) in [6, 6.07) is 21.8. The summed E-state index contributed by atoms with van der Waals surface area (Å²) in [4.78, 5) is 33.9. The Morgan fingerprint density at radius 1 is 0.610 bits per heavy atom. The third kappa shape index (κ3) is 13.3. The monoisotopic (exact) mass is 1070 g/mol. The summed E-state index contributed by atoms with van der Waals surface area (Å²) in [5.41, 5.74) is 6.71. The molecule has 14 nitrogen and oxygen atoms in total. The van der Waals surface area contributed by atoms with E-state index in [1.807, 2.05) is 26.0 Å². The summed E-state index contributed by atoms with van der Waals surface area (Å²) in [6.45, 7) is 2.91. The van der Waals surface area contributed by atoms with E-state index in [9.17, 15) is 49.8 Å². The van der Waals surface area contributed by atoms with Crippen molar-refractivity contribution >= 4 is 34.5 Å². The maximum atomic E-state index is 14.2. The minimum atomic E-state index is -4.34. The molecule has 2 aliphatic carbocycles. The van der Waals surface area contributed by atoms with Crippen molar-refractivity contribution in [1.29, 1.82) is 0 Å². The van der Waals surface area contributed by atoms with Crippen LogP contribution >= 0.6 is 0 Å². The molecule has 2 fully saturated rings. The standard InChI is InChI=1S/C28H26F4N4O3.C27H24F4N4O3/c1-16-11-17(3-7-21(16)27(37)35-18-4-5-18)24-14-34-26-23(33-10-9-28(30,31)32)13-20(15-36(24)26)39-19-6-8-25(38-2)22(29)12-19;1-15-10-16(2-6-20(15)26(37)34-17-3-4-17)23-13-33-25-22(32-9-8-27(29,30)31)12-19(14-35(23)25)38-18-5-7-24(36)21(28)11-18/h3,6-8,11-15,18,33H,4-5,9-10H2,1-2H3,(H,35,37);2,5-7,10-14,17,32,36H,3-4,8-9H2,1H3,(H,34,37). The summed E-state index contributed by atoms with van der Waals surface area (Å²) in [6.07, 6.45) is -0.456. The Morgan fingerprint density at radius 2 is 1.05 bits per heavy atom. The highest BCUT2D eigenvalue weighted by Crippen LogP contribution is 2.36. The average Bonchev–Trinajstić information content (AvgIpc) is 4.29. The highest BCUT2D eigenvalue weighted by molar-refractivity contribution is 5.97. The predicted molar refractivity (Wildman–Crippen MR) is 271 cm³/mol. The van der Waals surface area contributed by atoms with Crippen molar-refractivity contribution in [2.24, 2.45) is 0 Å². The number of pyridine rings is 2. The molecule has 8 aromatic rings. The largest absolute Gasteiger partial charge is 0.505 e. The Hall–Kier alpha value is -8.56. The van der Waals surface area contributed by atoms with Crippen LogP contribution in [0.3, 0.4) is 0 Å². The number of carbonyl (C=O) groups is 2. The number of hydrogen-bond acceptors (Lipinski definition) is 10. The molecule has 5 N–H and O–H groups in total. The molecule has 0 unspecified atom stereocenters. The molecule has 0 saturated heterocycles. The van der Waals surface area contributed by atoms with Gasteiger partial charge in [0.15, 0.2) is 34.4 Å². The van der Waals surface area contributed by atoms with Crippen molar-refractivity contribution in [2.75, 3.05) is 30.8 Å². The minimum absolute atomic E-state index is 0.0498. The molecular formula is C55H50F8N8O6. The number of methoxy groups -OCH3 is 1. The first-order valence-electron chi connectivity index (χ1n) is 24.3. The summed E-state index contributed by atoms with van der Waals surface area (Å²) in [5, 5.41) is 20.9. The fourth-order valence-electron chi connectivity index (χ4n) is 8.27. The van der Waals surface area contributed by atoms with Gasteiger partial charge in [0.25, 0.3) is 11.8 Å². The predicted octanol–water partition coefficient (Wildman–Crippen LogP) is 12.7. The van der Waals surface area contributed by atoms with Gasteiger partial charge in [0.05, 0.1) is 67.5 Å². The fraction of sp³-hybridized carbons (Fsp3) is 0.273. The van der Waals surface area contributed by atoms with Crippen molar-refractivity contribution in [3.63, 3.8) is 0 Å². The quantitative estimate of drug-likeness (QED) is 0.0554. The molecule has 22 heteroatoms. The van der Waals surface area contributed by atoms with Crippen LogP contribution in [-0.4, -0.2) is 80.3 Å². The van der Waals surface area contributed by atoms with Gasteiger partial charge in [0, 0.05) is 71.7 Å². The number of aromatic hydroxyl groups is 1. The molecule has 0 aliphatic heterocycles. The Morgan fingerprint density at radius 3 is 1.44 bits per heavy atom. The summed E-state index contributed by atoms with van der Waals surface area (Å²) >= 11 is 0. The lowest BCUT2D eigenvalue weighted by Gasteiger charge is -2.14. The van der Waals surface area contributed by atoms with E-state index in [4.69, 9.17) is 14.2 Å². The lowest BCUT2D eigenvalue weighted by atomic mass is 10.0. The van der Waals surface area contributed by atoms with E-state index in [0.29, 0.717) is 39.5 Å². The number of nitrogens with one attached hydrogen (secondary N) is 4. The van der Waals surface area contributed by atoms with Gasteiger partial charge in [-0.1, -0.05) is 12.1 Å². The number of hydrogen-bond donors (Lipinski definition) is 5. The maximum Gasteiger partial charge on any atom is 0.390 e. The number of aromatic nitrogens is 4. The second-order valence-electron chi connectivity index (χ2n) is 18.6. The first-order chi connectivity index (χ1) is 36.7. The third-order valence-electron chi connectivity index (χ3n) is 12.5. The normalized spacial score (nSPS) is 13.4. The first kappa shape index (κ1) is 53.3. The molecule has 77 heavy (non-hydrogen) atoms. The zero-order valence-corrected chi connectivity index (χ0v) is 41.5. The van der Waals surface area contributed by atoms with Crippen molar-refractivity contribution in [1.82, 2.24) is 29.4 Å². The molecule has 2 saturated carbocycles. The van der Waals surface area contributed by atoms with Gasteiger partial charge in [-0.3, -0.25) is 18.4 Å². The third-order valence-corrected chi connectivity index (χ3v) is 12.5. The van der Waals surface area contributed by atoms with Crippen LogP contribution in [0.5, 0.6) is 34.5 Å². The van der Waals surface area contributed by atoms with Crippen LogP contribution in [-0.2, 0) is 0 Å². The van der Waals surface area contributed by atoms with Crippen molar-refractivity contribution < 1.29 is 64.0 Å². The van der Waals surface area contributed by atoms with E-state index < -0.39 is 42.6 Å². The molecule has 10 rings (SSSR count). The number of anilines is 2. The molecule has 402 valence electrons. The SMILES string of the molecule is COc1ccc(Oc2cc(NCCC(F)(F)F)c3ncc(-c4ccc(C(=O)NC5CC5)c(C)c4)n3c2)cc1F.Cc1cc(-c2cnc3c(NCCC(F)(F)F)cc(Oc4ccc(O)c(F)c4)cn23)ccc1C(=O)NC1CC1. The Balaban J connectivity index is 0.000000188. The number of benzene rings is 4. The van der Waals surface area contributed by atoms with Gasteiger partial charge in [0.2, 0.25) is 0 Å². The number of rotatable bonds is 17. The van der Waals surface area contributed by atoms with E-state index in [-0.39, 0.29) is 71.4 Å². The first-order valence-corrected chi connectivity index (χ1v) is 24.3. The molecule has 0 radical (unpaired) electrons. The van der Waals surface area contributed by atoms with Crippen molar-refractivity contribution in [3.8, 4) is 57.0 Å². The number of fused-ring (bicyclic) bond motifs is 2. The van der Waals surface area contributed by atoms with Crippen LogP contribution in [0, 0.1) is 25.5 Å². The molecule has 0 bridgehead atoms.